The van der Waals surface area contributed by atoms with Crippen molar-refractivity contribution in [2.75, 3.05) is 7.11 Å². The molecule has 2 heterocycles. The van der Waals surface area contributed by atoms with Gasteiger partial charge in [0.25, 0.3) is 0 Å². The smallest absolute Gasteiger partial charge is 0.187 e. The summed E-state index contributed by atoms with van der Waals surface area (Å²) in [6.07, 6.45) is 0. The van der Waals surface area contributed by atoms with E-state index >= 15 is 0 Å². The van der Waals surface area contributed by atoms with E-state index < -0.39 is 0 Å². The highest BCUT2D eigenvalue weighted by Gasteiger charge is 2.15. The zero-order valence-electron chi connectivity index (χ0n) is 15.5. The first kappa shape index (κ1) is 17.0. The van der Waals surface area contributed by atoms with Gasteiger partial charge in [-0.1, -0.05) is 42.5 Å². The first-order valence-corrected chi connectivity index (χ1v) is 8.77. The maximum Gasteiger partial charge on any atom is 0.187 e. The summed E-state index contributed by atoms with van der Waals surface area (Å²) in [5, 5.41) is 9.09. The van der Waals surface area contributed by atoms with E-state index in [4.69, 9.17) is 9.72 Å². The van der Waals surface area contributed by atoms with Crippen LogP contribution >= 0.6 is 0 Å². The maximum absolute atomic E-state index is 5.42. The van der Waals surface area contributed by atoms with Crippen molar-refractivity contribution in [2.45, 2.75) is 13.8 Å². The number of methoxy groups -OCH3 is 1. The molecule has 0 saturated carbocycles. The third-order valence-electron chi connectivity index (χ3n) is 4.45. The van der Waals surface area contributed by atoms with Gasteiger partial charge in [-0.05, 0) is 43.7 Å². The van der Waals surface area contributed by atoms with E-state index in [0.29, 0.717) is 17.3 Å². The molecule has 0 atom stereocenters. The van der Waals surface area contributed by atoms with Crippen LogP contribution in [0.4, 0.5) is 11.5 Å². The lowest BCUT2D eigenvalue weighted by Crippen LogP contribution is -1.89. The molecule has 0 bridgehead atoms. The van der Waals surface area contributed by atoms with Crippen molar-refractivity contribution in [3.63, 3.8) is 0 Å². The fourth-order valence-electron chi connectivity index (χ4n) is 3.10. The van der Waals surface area contributed by atoms with Crippen molar-refractivity contribution in [1.82, 2.24) is 9.38 Å². The topological polar surface area (TPSA) is 51.2 Å². The molecule has 0 N–H and O–H groups in total. The normalized spacial score (nSPS) is 11.4. The van der Waals surface area contributed by atoms with Gasteiger partial charge < -0.3 is 4.74 Å². The molecule has 5 nitrogen and oxygen atoms in total. The average molecular weight is 356 g/mol. The molecule has 27 heavy (non-hydrogen) atoms. The van der Waals surface area contributed by atoms with Crippen LogP contribution in [0.15, 0.2) is 77.0 Å². The quantitative estimate of drug-likeness (QED) is 0.418. The first-order valence-electron chi connectivity index (χ1n) is 8.77. The van der Waals surface area contributed by atoms with Gasteiger partial charge in [-0.3, -0.25) is 4.40 Å². The maximum atomic E-state index is 5.42. The fourth-order valence-corrected chi connectivity index (χ4v) is 3.10. The summed E-state index contributed by atoms with van der Waals surface area (Å²) in [7, 11) is 1.64. The van der Waals surface area contributed by atoms with E-state index in [2.05, 4.69) is 10.2 Å². The number of aryl methyl sites for hydroxylation is 2. The van der Waals surface area contributed by atoms with Gasteiger partial charge >= 0.3 is 0 Å². The second-order valence-electron chi connectivity index (χ2n) is 6.39. The number of imidazole rings is 1. The van der Waals surface area contributed by atoms with Crippen LogP contribution in [0.5, 0.6) is 5.75 Å². The third kappa shape index (κ3) is 3.19. The SMILES string of the molecule is COc1ccc(C)cc1N=Nc1c(-c2ccccc2)nc2cccc(C)n12. The number of nitrogens with zero attached hydrogens (tertiary/aromatic N) is 4. The largest absolute Gasteiger partial charge is 0.494 e. The third-order valence-corrected chi connectivity index (χ3v) is 4.45. The molecule has 0 fully saturated rings. The minimum absolute atomic E-state index is 0.691. The molecule has 0 spiro atoms. The summed E-state index contributed by atoms with van der Waals surface area (Å²) in [5.41, 5.74) is 5.50. The number of fused-ring (bicyclic) bond motifs is 1. The molecule has 2 aromatic carbocycles. The van der Waals surface area contributed by atoms with E-state index in [0.717, 1.165) is 28.2 Å². The molecule has 0 saturated heterocycles. The highest BCUT2D eigenvalue weighted by molar-refractivity contribution is 5.74. The zero-order chi connectivity index (χ0) is 18.8. The second kappa shape index (κ2) is 7.03. The summed E-state index contributed by atoms with van der Waals surface area (Å²) in [5.74, 6) is 1.40. The lowest BCUT2D eigenvalue weighted by molar-refractivity contribution is 0.415. The van der Waals surface area contributed by atoms with E-state index in [1.807, 2.05) is 85.0 Å². The monoisotopic (exact) mass is 356 g/mol. The Bertz CT molecular complexity index is 1130. The van der Waals surface area contributed by atoms with E-state index in [1.54, 1.807) is 7.11 Å². The van der Waals surface area contributed by atoms with Gasteiger partial charge in [0.1, 0.15) is 22.8 Å². The van der Waals surface area contributed by atoms with Crippen LogP contribution in [-0.4, -0.2) is 16.5 Å². The molecule has 0 unspecified atom stereocenters. The number of pyridine rings is 1. The highest BCUT2D eigenvalue weighted by atomic mass is 16.5. The Hall–Kier alpha value is -3.47. The molecular formula is C22H20N4O. The average Bonchev–Trinajstić information content (AvgIpc) is 3.07. The van der Waals surface area contributed by atoms with Crippen molar-refractivity contribution in [3.8, 4) is 17.0 Å². The van der Waals surface area contributed by atoms with E-state index in [9.17, 15) is 0 Å². The molecule has 4 rings (SSSR count). The van der Waals surface area contributed by atoms with Crippen molar-refractivity contribution in [1.29, 1.82) is 0 Å². The number of hydrogen-bond acceptors (Lipinski definition) is 4. The van der Waals surface area contributed by atoms with Crippen LogP contribution in [0.2, 0.25) is 0 Å². The van der Waals surface area contributed by atoms with Crippen molar-refractivity contribution in [2.24, 2.45) is 10.2 Å². The molecule has 134 valence electrons. The predicted molar refractivity (Wildman–Crippen MR) is 107 cm³/mol. The van der Waals surface area contributed by atoms with Gasteiger partial charge in [-0.2, -0.15) is 0 Å². The molecule has 5 heteroatoms. The lowest BCUT2D eigenvalue weighted by atomic mass is 10.1. The van der Waals surface area contributed by atoms with Gasteiger partial charge in [0.2, 0.25) is 0 Å². The standard InChI is InChI=1S/C22H20N4O/c1-15-12-13-19(27-3)18(14-15)24-25-22-21(17-9-5-4-6-10-17)23-20-11-7-8-16(2)26(20)22/h4-14H,1-3H3. The van der Waals surface area contributed by atoms with Gasteiger partial charge in [-0.25, -0.2) is 4.98 Å². The number of aromatic nitrogens is 2. The van der Waals surface area contributed by atoms with E-state index in [-0.39, 0.29) is 0 Å². The van der Waals surface area contributed by atoms with Crippen molar-refractivity contribution < 1.29 is 4.74 Å². The Kier molecular flexibility index (Phi) is 4.42. The summed E-state index contributed by atoms with van der Waals surface area (Å²) in [6.45, 7) is 4.06. The highest BCUT2D eigenvalue weighted by Crippen LogP contribution is 2.35. The molecule has 0 aliphatic heterocycles. The number of ether oxygens (including phenoxy) is 1. The number of rotatable bonds is 4. The molecule has 0 aliphatic rings. The van der Waals surface area contributed by atoms with Crippen LogP contribution in [0.3, 0.4) is 0 Å². The van der Waals surface area contributed by atoms with Crippen LogP contribution < -0.4 is 4.74 Å². The first-order chi connectivity index (χ1) is 13.2. The minimum Gasteiger partial charge on any atom is -0.494 e. The Balaban J connectivity index is 1.92. The molecule has 4 aromatic rings. The van der Waals surface area contributed by atoms with Crippen molar-refractivity contribution >= 4 is 17.2 Å². The Morgan fingerprint density at radius 1 is 0.889 bits per heavy atom. The molecular weight excluding hydrogens is 336 g/mol. The molecule has 0 aliphatic carbocycles. The molecule has 0 amide bonds. The van der Waals surface area contributed by atoms with Gasteiger partial charge in [-0.15, -0.1) is 10.2 Å². The van der Waals surface area contributed by atoms with Gasteiger partial charge in [0.15, 0.2) is 5.82 Å². The van der Waals surface area contributed by atoms with Gasteiger partial charge in [0, 0.05) is 11.3 Å². The zero-order valence-corrected chi connectivity index (χ0v) is 15.5. The number of azo groups is 1. The summed E-state index contributed by atoms with van der Waals surface area (Å²) in [6, 6.07) is 21.9. The second-order valence-corrected chi connectivity index (χ2v) is 6.39. The van der Waals surface area contributed by atoms with Crippen LogP contribution in [0.1, 0.15) is 11.3 Å². The Morgan fingerprint density at radius 2 is 1.70 bits per heavy atom. The summed E-state index contributed by atoms with van der Waals surface area (Å²) < 4.78 is 7.44. The molecule has 0 radical (unpaired) electrons. The summed E-state index contributed by atoms with van der Waals surface area (Å²) >= 11 is 0. The lowest BCUT2D eigenvalue weighted by Gasteiger charge is -2.05. The fraction of sp³-hybridized carbons (Fsp3) is 0.136. The van der Waals surface area contributed by atoms with Crippen LogP contribution in [-0.2, 0) is 0 Å². The number of hydrogen-bond donors (Lipinski definition) is 0. The van der Waals surface area contributed by atoms with E-state index in [1.165, 1.54) is 0 Å². The van der Waals surface area contributed by atoms with Crippen LogP contribution in [0, 0.1) is 13.8 Å². The predicted octanol–water partition coefficient (Wildman–Crippen LogP) is 6.04. The van der Waals surface area contributed by atoms with Crippen molar-refractivity contribution in [3.05, 3.63) is 78.0 Å². The molecule has 2 aromatic heterocycles. The summed E-state index contributed by atoms with van der Waals surface area (Å²) in [4.78, 5) is 4.79. The Labute approximate surface area is 158 Å². The van der Waals surface area contributed by atoms with Crippen LogP contribution in [0.25, 0.3) is 16.9 Å². The number of benzene rings is 2. The Morgan fingerprint density at radius 3 is 2.48 bits per heavy atom. The minimum atomic E-state index is 0.691. The van der Waals surface area contributed by atoms with Gasteiger partial charge in [0.05, 0.1) is 7.11 Å².